The van der Waals surface area contributed by atoms with Gasteiger partial charge in [-0.3, -0.25) is 72.4 Å². The molecule has 602 valence electrons. The van der Waals surface area contributed by atoms with Crippen LogP contribution in [0.2, 0.25) is 0 Å². The number of hydrogen-bond acceptors (Lipinski definition) is 21. The molecule has 0 aliphatic carbocycles. The minimum atomic E-state index is -1.00. The number of carbonyl (C=O) groups is 12. The maximum absolute atomic E-state index is 12.2. The molecule has 0 bridgehead atoms. The molecule has 8 rings (SSSR count). The van der Waals surface area contributed by atoms with Crippen LogP contribution in [0.25, 0.3) is 0 Å². The summed E-state index contributed by atoms with van der Waals surface area (Å²) >= 11 is 0. The van der Waals surface area contributed by atoms with E-state index in [9.17, 15) is 57.5 Å². The Morgan fingerprint density at radius 2 is 0.626 bits per heavy atom. The number of benzene rings is 2. The number of carboxylic acid groups (broad SMARTS) is 3. The number of hydroxylamine groups is 2. The largest absolute Gasteiger partial charge is 0.480 e. The Morgan fingerprint density at radius 1 is 0.383 bits per heavy atom. The average Bonchev–Trinajstić information content (AvgIpc) is 1.71. The minimum absolute atomic E-state index is 0.0393. The fourth-order valence-electron chi connectivity index (χ4n) is 13.7. The van der Waals surface area contributed by atoms with Gasteiger partial charge in [0.1, 0.15) is 43.4 Å². The first-order valence-corrected chi connectivity index (χ1v) is 38.3. The summed E-state index contributed by atoms with van der Waals surface area (Å²) in [6.45, 7) is 30.7. The summed E-state index contributed by atoms with van der Waals surface area (Å²) in [5.41, 5.74) is 7.23. The van der Waals surface area contributed by atoms with Crippen LogP contribution in [0, 0.1) is 0 Å². The molecule has 6 fully saturated rings. The van der Waals surface area contributed by atoms with Crippen LogP contribution >= 0.6 is 0 Å². The van der Waals surface area contributed by atoms with E-state index in [-0.39, 0.29) is 62.1 Å². The first-order chi connectivity index (χ1) is 50.4. The van der Waals surface area contributed by atoms with E-state index in [2.05, 4.69) is 115 Å². The molecule has 15 unspecified atom stereocenters. The lowest BCUT2D eigenvalue weighted by Crippen LogP contribution is -2.51. The topological polar surface area (TPSA) is 387 Å². The molecule has 9 N–H and O–H groups in total. The van der Waals surface area contributed by atoms with Gasteiger partial charge in [-0.2, -0.15) is 0 Å². The molecule has 6 heterocycles. The zero-order valence-corrected chi connectivity index (χ0v) is 66.1. The molecular weight excluding hydrogens is 1380 g/mol. The quantitative estimate of drug-likeness (QED) is 0.0389. The maximum Gasteiger partial charge on any atom is 0.354 e. The van der Waals surface area contributed by atoms with E-state index in [1.807, 2.05) is 60.7 Å². The van der Waals surface area contributed by atoms with Gasteiger partial charge in [-0.15, -0.1) is 5.06 Å². The third kappa shape index (κ3) is 34.9. The molecule has 29 nitrogen and oxygen atoms in total. The van der Waals surface area contributed by atoms with Gasteiger partial charge < -0.3 is 56.6 Å². The van der Waals surface area contributed by atoms with Gasteiger partial charge in [0, 0.05) is 73.3 Å². The summed E-state index contributed by atoms with van der Waals surface area (Å²) in [6, 6.07) is 19.1. The zero-order chi connectivity index (χ0) is 80.2. The lowest BCUT2D eigenvalue weighted by molar-refractivity contribution is -0.198. The minimum Gasteiger partial charge on any atom is -0.480 e. The van der Waals surface area contributed by atoms with E-state index in [0.29, 0.717) is 91.7 Å². The van der Waals surface area contributed by atoms with Crippen LogP contribution in [0.3, 0.4) is 0 Å². The summed E-state index contributed by atoms with van der Waals surface area (Å²) in [6.07, 6.45) is 17.1. The highest BCUT2D eigenvalue weighted by molar-refractivity contribution is 6.02. The lowest BCUT2D eigenvalue weighted by atomic mass is 9.97. The maximum atomic E-state index is 12.2. The highest BCUT2D eigenvalue weighted by Gasteiger charge is 2.36. The molecule has 29 heteroatoms. The Balaban J connectivity index is 0.000000339. The number of piperidine rings is 5. The molecule has 2 aromatic rings. The highest BCUT2D eigenvalue weighted by Crippen LogP contribution is 2.26. The van der Waals surface area contributed by atoms with Crippen LogP contribution in [0.1, 0.15) is 224 Å². The van der Waals surface area contributed by atoms with E-state index in [1.165, 1.54) is 46.5 Å². The van der Waals surface area contributed by atoms with Crippen LogP contribution in [-0.2, 0) is 85.1 Å². The van der Waals surface area contributed by atoms with Crippen molar-refractivity contribution in [2.45, 2.75) is 317 Å². The second-order valence-electron chi connectivity index (χ2n) is 29.7. The number of nitrogens with two attached hydrogens (primary N) is 1. The van der Waals surface area contributed by atoms with E-state index < -0.39 is 71.9 Å². The fourth-order valence-corrected chi connectivity index (χ4v) is 13.7. The normalized spacial score (nSPS) is 24.8. The van der Waals surface area contributed by atoms with Crippen LogP contribution in [-0.4, -0.2) is 239 Å². The number of carboxylic acids is 3. The molecule has 6 saturated heterocycles. The van der Waals surface area contributed by atoms with Crippen molar-refractivity contribution in [3.8, 4) is 0 Å². The first-order valence-electron chi connectivity index (χ1n) is 38.3. The molecule has 0 saturated carbocycles. The number of esters is 2. The average molecular weight is 1510 g/mol. The molecule has 107 heavy (non-hydrogen) atoms. The van der Waals surface area contributed by atoms with Crippen molar-refractivity contribution in [2.75, 3.05) is 32.7 Å². The van der Waals surface area contributed by atoms with E-state index >= 15 is 0 Å². The number of likely N-dealkylation sites (tertiary alicyclic amines) is 5. The number of hydrogen-bond donors (Lipinski definition) is 8. The number of aliphatic carboxylic acids is 3. The fraction of sp³-hybridized carbons (Fsp3) is 0.692. The Labute approximate surface area is 633 Å². The summed E-state index contributed by atoms with van der Waals surface area (Å²) in [5, 5.41) is 36.9. The lowest BCUT2D eigenvalue weighted by Gasteiger charge is -2.38. The molecule has 0 aromatic heterocycles. The van der Waals surface area contributed by atoms with Gasteiger partial charge in [-0.1, -0.05) is 92.8 Å². The van der Waals surface area contributed by atoms with E-state index in [0.717, 1.165) is 81.8 Å². The second-order valence-corrected chi connectivity index (χ2v) is 29.7. The van der Waals surface area contributed by atoms with Gasteiger partial charge in [0.2, 0.25) is 23.6 Å². The van der Waals surface area contributed by atoms with Crippen LogP contribution < -0.4 is 27.0 Å². The van der Waals surface area contributed by atoms with Gasteiger partial charge in [0.25, 0.3) is 11.8 Å². The molecule has 0 spiro atoms. The van der Waals surface area contributed by atoms with Gasteiger partial charge >= 0.3 is 35.8 Å². The predicted octanol–water partition coefficient (Wildman–Crippen LogP) is 6.95. The summed E-state index contributed by atoms with van der Waals surface area (Å²) in [5.74, 6) is -6.22. The molecule has 15 atom stereocenters. The number of nitrogens with one attached hydrogen (secondary N) is 4. The van der Waals surface area contributed by atoms with Crippen molar-refractivity contribution in [1.82, 2.24) is 50.8 Å². The number of amides is 6. The zero-order valence-electron chi connectivity index (χ0n) is 66.1. The number of imide groups is 1. The van der Waals surface area contributed by atoms with Crippen molar-refractivity contribution in [3.63, 3.8) is 0 Å². The smallest absolute Gasteiger partial charge is 0.354 e. The van der Waals surface area contributed by atoms with Gasteiger partial charge in [0.15, 0.2) is 0 Å². The van der Waals surface area contributed by atoms with Crippen molar-refractivity contribution >= 4 is 71.3 Å². The Hall–Kier alpha value is -7.96. The summed E-state index contributed by atoms with van der Waals surface area (Å²) in [4.78, 5) is 153. The predicted molar refractivity (Wildman–Crippen MR) is 404 cm³/mol. The molecule has 0 radical (unpaired) electrons. The molecule has 6 aliphatic heterocycles. The van der Waals surface area contributed by atoms with Crippen LogP contribution in [0.5, 0.6) is 0 Å². The Kier molecular flexibility index (Phi) is 42.2. The van der Waals surface area contributed by atoms with Gasteiger partial charge in [-0.05, 0) is 179 Å². The Morgan fingerprint density at radius 3 is 0.879 bits per heavy atom. The standard InChI is InChI=1S/C19H28N2O3.C16H25N3O5.2C12H22N2O3.C10H13NO2.C9H17NO2/c1-14-8-7-9-15(2)21(14)12-18(22)20-16(3)19(23)24-13-17-10-5-4-6-11-17;1-10-5-4-6-11(2)18(10)9-13(20)17-12(3)16(23)24-19-14(21)7-8-15(19)22;2*1-8-5-4-6-9(2)14(8)7-11(15)13-10(3)12(16)17;1-8(11)10(12)13-7-9-5-3-2-4-6-9;1-7-4-3-5-8(2)10(7)6-9(11)12/h4-6,10-11,14-16H,7-9,12-13H2,1-3H3,(H,20,22);10-12H,4-9H2,1-3H3,(H,17,20);2*8-10H,4-7H2,1-3H3,(H,13,15)(H,16,17);2-6,8H,7,11H2,1H3;7-8H,3-6H2,1-2H3,(H,11,12). The molecular formula is C78H127N11O18. The Bertz CT molecular complexity index is 3010. The number of rotatable bonds is 24. The SMILES string of the molecule is CC(N)C(=O)OCc1ccccc1.CC(NC(=O)CN1C(C)CCCC1C)C(=O)O.CC(NC(=O)CN1C(C)CCCC1C)C(=O)O.CC(NC(=O)CN1C(C)CCCC1C)C(=O)OCc1ccccc1.CC(NC(=O)CN1C(C)CCCC1C)C(=O)ON1C(=O)CCC1=O.CC1CCCC(C)N1CC(=O)O. The highest BCUT2D eigenvalue weighted by atomic mass is 16.7. The monoisotopic (exact) mass is 1510 g/mol. The van der Waals surface area contributed by atoms with Crippen molar-refractivity contribution in [1.29, 1.82) is 0 Å². The molecule has 6 amide bonds. The summed E-state index contributed by atoms with van der Waals surface area (Å²) in [7, 11) is 0. The van der Waals surface area contributed by atoms with Crippen molar-refractivity contribution in [2.24, 2.45) is 5.73 Å². The summed E-state index contributed by atoms with van der Waals surface area (Å²) < 4.78 is 10.2. The van der Waals surface area contributed by atoms with Crippen LogP contribution in [0.4, 0.5) is 0 Å². The van der Waals surface area contributed by atoms with Crippen LogP contribution in [0.15, 0.2) is 60.7 Å². The molecule has 2 aromatic carbocycles. The van der Waals surface area contributed by atoms with Gasteiger partial charge in [-0.25, -0.2) is 9.59 Å². The second kappa shape index (κ2) is 48.5. The van der Waals surface area contributed by atoms with Gasteiger partial charge in [0.05, 0.1) is 32.7 Å². The van der Waals surface area contributed by atoms with E-state index in [4.69, 9.17) is 35.4 Å². The van der Waals surface area contributed by atoms with Crippen molar-refractivity contribution < 1.29 is 87.2 Å². The number of ether oxygens (including phenoxy) is 2. The third-order valence-corrected chi connectivity index (χ3v) is 20.5. The van der Waals surface area contributed by atoms with Crippen molar-refractivity contribution in [3.05, 3.63) is 71.8 Å². The third-order valence-electron chi connectivity index (χ3n) is 20.5. The first kappa shape index (κ1) is 93.2. The molecule has 6 aliphatic rings. The number of carbonyl (C=O) groups excluding carboxylic acids is 9. The van der Waals surface area contributed by atoms with E-state index in [1.54, 1.807) is 13.8 Å². The number of nitrogens with zero attached hydrogens (tertiary/aromatic N) is 6.